The topological polar surface area (TPSA) is 46.6 Å². The van der Waals surface area contributed by atoms with E-state index >= 15 is 0 Å². The van der Waals surface area contributed by atoms with Crippen molar-refractivity contribution in [3.05, 3.63) is 11.1 Å². The number of hydrogen-bond donors (Lipinski definition) is 0. The van der Waals surface area contributed by atoms with E-state index < -0.39 is 0 Å². The molecule has 0 aromatic heterocycles. The van der Waals surface area contributed by atoms with Crippen LogP contribution in [-0.4, -0.2) is 43.4 Å². The molecule has 3 saturated carbocycles. The lowest BCUT2D eigenvalue weighted by atomic mass is 9.48. The van der Waals surface area contributed by atoms with Crippen LogP contribution in [0.5, 0.6) is 0 Å². The molecular weight excluding hydrogens is 398 g/mol. The van der Waals surface area contributed by atoms with E-state index in [-0.39, 0.29) is 22.9 Å². The van der Waals surface area contributed by atoms with E-state index in [0.29, 0.717) is 29.5 Å². The Morgan fingerprint density at radius 3 is 2.62 bits per heavy atom. The van der Waals surface area contributed by atoms with Gasteiger partial charge in [0.05, 0.1) is 0 Å². The molecule has 180 valence electrons. The molecule has 0 spiro atoms. The minimum atomic E-state index is -0.145. The van der Waals surface area contributed by atoms with E-state index in [0.717, 1.165) is 45.1 Å². The van der Waals surface area contributed by atoms with Crippen molar-refractivity contribution in [3.63, 3.8) is 0 Å². The molecule has 32 heavy (non-hydrogen) atoms. The van der Waals surface area contributed by atoms with Crippen molar-refractivity contribution in [1.82, 2.24) is 4.90 Å². The normalized spacial score (nSPS) is 40.0. The van der Waals surface area contributed by atoms with Crippen LogP contribution in [0.25, 0.3) is 0 Å². The third kappa shape index (κ3) is 4.10. The highest BCUT2D eigenvalue weighted by atomic mass is 16.5. The van der Waals surface area contributed by atoms with Gasteiger partial charge in [-0.05, 0) is 113 Å². The van der Waals surface area contributed by atoms with Gasteiger partial charge in [0.2, 0.25) is 0 Å². The highest BCUT2D eigenvalue weighted by Crippen LogP contribution is 2.65. The van der Waals surface area contributed by atoms with Crippen molar-refractivity contribution >= 4 is 11.8 Å². The molecule has 0 N–H and O–H groups in total. The van der Waals surface area contributed by atoms with Crippen LogP contribution in [0.3, 0.4) is 0 Å². The number of ether oxygens (including phenoxy) is 1. The monoisotopic (exact) mass is 443 g/mol. The second-order valence-corrected chi connectivity index (χ2v) is 12.3. The molecule has 0 bridgehead atoms. The minimum Gasteiger partial charge on any atom is -0.463 e. The molecular formula is C28H45NO3. The maximum atomic E-state index is 13.5. The maximum absolute atomic E-state index is 13.5. The molecule has 0 unspecified atom stereocenters. The van der Waals surface area contributed by atoms with Gasteiger partial charge in [0, 0.05) is 18.9 Å². The van der Waals surface area contributed by atoms with Gasteiger partial charge in [-0.3, -0.25) is 9.59 Å². The van der Waals surface area contributed by atoms with Crippen molar-refractivity contribution in [1.29, 1.82) is 0 Å². The quantitative estimate of drug-likeness (QED) is 0.487. The lowest BCUT2D eigenvalue weighted by Gasteiger charge is -2.56. The first-order valence-corrected chi connectivity index (χ1v) is 13.1. The van der Waals surface area contributed by atoms with Crippen molar-refractivity contribution in [2.45, 2.75) is 98.0 Å². The van der Waals surface area contributed by atoms with Gasteiger partial charge in [0.15, 0.2) is 5.78 Å². The van der Waals surface area contributed by atoms with Crippen LogP contribution in [0.15, 0.2) is 11.1 Å². The predicted molar refractivity (Wildman–Crippen MR) is 128 cm³/mol. The zero-order chi connectivity index (χ0) is 23.3. The van der Waals surface area contributed by atoms with Crippen LogP contribution in [0, 0.1) is 34.5 Å². The van der Waals surface area contributed by atoms with Gasteiger partial charge >= 0.3 is 5.97 Å². The number of hydrogen-bond acceptors (Lipinski definition) is 4. The summed E-state index contributed by atoms with van der Waals surface area (Å²) in [5.41, 5.74) is 3.14. The van der Waals surface area contributed by atoms with Crippen LogP contribution in [0.1, 0.15) is 91.9 Å². The Morgan fingerprint density at radius 1 is 1.19 bits per heavy atom. The molecule has 4 rings (SSSR count). The van der Waals surface area contributed by atoms with Crippen LogP contribution in [-0.2, 0) is 14.3 Å². The van der Waals surface area contributed by atoms with Gasteiger partial charge in [-0.15, -0.1) is 0 Å². The lowest BCUT2D eigenvalue weighted by molar-refractivity contribution is -0.152. The number of rotatable bonds is 6. The SMILES string of the molecule is CC(=O)O[C@H]1CC[C@@]2(C)[C@@H](CCC3=C4C(=O)C[C@H]([C@H](C)CCCN(C)C)[C@@]4(C)CC[C@@H]32)C1. The number of esters is 1. The minimum absolute atomic E-state index is 0.0819. The highest BCUT2D eigenvalue weighted by Gasteiger charge is 2.58. The Hall–Kier alpha value is -1.16. The van der Waals surface area contributed by atoms with Crippen molar-refractivity contribution < 1.29 is 14.3 Å². The largest absolute Gasteiger partial charge is 0.463 e. The average Bonchev–Trinajstić information content (AvgIpc) is 2.98. The number of allylic oxidation sites excluding steroid dienone is 2. The first-order chi connectivity index (χ1) is 15.1. The highest BCUT2D eigenvalue weighted by molar-refractivity contribution is 6.00. The molecule has 4 nitrogen and oxygen atoms in total. The molecule has 4 aliphatic rings. The molecule has 0 amide bonds. The van der Waals surface area contributed by atoms with Crippen LogP contribution in [0.4, 0.5) is 0 Å². The smallest absolute Gasteiger partial charge is 0.302 e. The summed E-state index contributed by atoms with van der Waals surface area (Å²) in [5, 5.41) is 0. The van der Waals surface area contributed by atoms with Crippen molar-refractivity contribution in [2.24, 2.45) is 34.5 Å². The molecule has 4 heteroatoms. The van der Waals surface area contributed by atoms with Crippen LogP contribution < -0.4 is 0 Å². The Kier molecular flexibility index (Phi) is 6.66. The number of carbonyl (C=O) groups excluding carboxylic acids is 2. The van der Waals surface area contributed by atoms with Crippen molar-refractivity contribution in [2.75, 3.05) is 20.6 Å². The Morgan fingerprint density at radius 2 is 1.94 bits per heavy atom. The van der Waals surface area contributed by atoms with Crippen LogP contribution in [0.2, 0.25) is 0 Å². The number of carbonyl (C=O) groups is 2. The third-order valence-corrected chi connectivity index (χ3v) is 10.1. The molecule has 4 aliphatic carbocycles. The Bertz CT molecular complexity index is 786. The van der Waals surface area contributed by atoms with Gasteiger partial charge in [-0.25, -0.2) is 0 Å². The molecule has 3 fully saturated rings. The summed E-state index contributed by atoms with van der Waals surface area (Å²) >= 11 is 0. The lowest BCUT2D eigenvalue weighted by Crippen LogP contribution is -2.49. The summed E-state index contributed by atoms with van der Waals surface area (Å²) < 4.78 is 5.60. The summed E-state index contributed by atoms with van der Waals surface area (Å²) in [7, 11) is 4.29. The summed E-state index contributed by atoms with van der Waals surface area (Å²) in [4.78, 5) is 27.2. The third-order valence-electron chi connectivity index (χ3n) is 10.1. The summed E-state index contributed by atoms with van der Waals surface area (Å²) in [5.74, 6) is 2.58. The van der Waals surface area contributed by atoms with E-state index in [9.17, 15) is 9.59 Å². The van der Waals surface area contributed by atoms with Crippen LogP contribution >= 0.6 is 0 Å². The number of nitrogens with zero attached hydrogens (tertiary/aromatic N) is 1. The first-order valence-electron chi connectivity index (χ1n) is 13.1. The maximum Gasteiger partial charge on any atom is 0.302 e. The Labute approximate surface area is 195 Å². The molecule has 7 atom stereocenters. The van der Waals surface area contributed by atoms with E-state index in [1.807, 2.05) is 0 Å². The molecule has 0 saturated heterocycles. The van der Waals surface area contributed by atoms with Gasteiger partial charge in [0.25, 0.3) is 0 Å². The molecule has 0 aliphatic heterocycles. The van der Waals surface area contributed by atoms with Gasteiger partial charge in [-0.1, -0.05) is 26.3 Å². The average molecular weight is 444 g/mol. The predicted octanol–water partition coefficient (Wildman–Crippen LogP) is 5.80. The fourth-order valence-corrected chi connectivity index (χ4v) is 8.43. The zero-order valence-electron chi connectivity index (χ0n) is 21.3. The zero-order valence-corrected chi connectivity index (χ0v) is 21.3. The fourth-order valence-electron chi connectivity index (χ4n) is 8.43. The second-order valence-electron chi connectivity index (χ2n) is 12.3. The summed E-state index contributed by atoms with van der Waals surface area (Å²) in [6, 6.07) is 0. The first kappa shape index (κ1) is 24.0. The Balaban J connectivity index is 1.55. The standard InChI is InChI=1S/C28H45NO3/c1-18(8-7-15-29(5)6)24-17-25(31)26-22-10-9-20-16-21(32-19(2)30)11-13-27(20,3)23(22)12-14-28(24,26)4/h18,20-21,23-24H,7-17H2,1-6H3/t18-,20+,21+,23+,24-,27+,28-/m1/s1. The molecule has 0 radical (unpaired) electrons. The molecule has 0 aromatic carbocycles. The van der Waals surface area contributed by atoms with E-state index in [1.165, 1.54) is 43.8 Å². The van der Waals surface area contributed by atoms with Crippen molar-refractivity contribution in [3.8, 4) is 0 Å². The van der Waals surface area contributed by atoms with E-state index in [1.54, 1.807) is 0 Å². The molecule has 0 aromatic rings. The van der Waals surface area contributed by atoms with E-state index in [2.05, 4.69) is 39.8 Å². The number of Topliss-reactive ketones (excluding diaryl/α,β-unsaturated/α-hetero) is 1. The second kappa shape index (κ2) is 8.89. The summed E-state index contributed by atoms with van der Waals surface area (Å²) in [6.45, 7) is 9.97. The summed E-state index contributed by atoms with van der Waals surface area (Å²) in [6.07, 6.45) is 11.0. The number of fused-ring (bicyclic) bond motifs is 4. The van der Waals surface area contributed by atoms with E-state index in [4.69, 9.17) is 4.74 Å². The fraction of sp³-hybridized carbons (Fsp3) is 0.857. The number of ketones is 1. The van der Waals surface area contributed by atoms with Gasteiger partial charge < -0.3 is 9.64 Å². The molecule has 0 heterocycles. The van der Waals surface area contributed by atoms with Gasteiger partial charge in [-0.2, -0.15) is 0 Å². The van der Waals surface area contributed by atoms with Gasteiger partial charge in [0.1, 0.15) is 6.10 Å².